The lowest BCUT2D eigenvalue weighted by Gasteiger charge is -2.51. The number of rotatable bonds is 13. The monoisotopic (exact) mass is 830 g/mol. The van der Waals surface area contributed by atoms with E-state index in [4.69, 9.17) is 18.5 Å². The zero-order valence-electron chi connectivity index (χ0n) is 30.8. The van der Waals surface area contributed by atoms with Gasteiger partial charge in [-0.05, 0) is 37.8 Å². The van der Waals surface area contributed by atoms with Crippen molar-refractivity contribution < 1.29 is 59.0 Å². The fourth-order valence-electron chi connectivity index (χ4n) is 7.41. The lowest BCUT2D eigenvalue weighted by molar-refractivity contribution is -0.160. The number of pyridine rings is 1. The maximum absolute atomic E-state index is 15.0. The van der Waals surface area contributed by atoms with Crippen LogP contribution >= 0.6 is 18.9 Å². The lowest BCUT2D eigenvalue weighted by atomic mass is 9.72. The fraction of sp³-hybridized carbons (Fsp3) is 0.514. The van der Waals surface area contributed by atoms with Crippen LogP contribution in [0.1, 0.15) is 71.8 Å². The first-order valence-corrected chi connectivity index (χ1v) is 20.4. The van der Waals surface area contributed by atoms with Crippen LogP contribution in [0, 0.1) is 11.3 Å². The number of ether oxygens (including phenoxy) is 2. The average molecular weight is 831 g/mol. The number of benzene rings is 1. The summed E-state index contributed by atoms with van der Waals surface area (Å²) in [4.78, 5) is 34.4. The summed E-state index contributed by atoms with van der Waals surface area (Å²) in [7, 11) is -0.879. The Balaban J connectivity index is 1.49. The molecule has 11 nitrogen and oxygen atoms in total. The van der Waals surface area contributed by atoms with Gasteiger partial charge in [-0.2, -0.15) is 31.6 Å². The molecular weight excluding hydrogens is 789 g/mol. The molecule has 2 aromatic heterocycles. The summed E-state index contributed by atoms with van der Waals surface area (Å²) in [5, 5.41) is 11.7. The minimum Gasteiger partial charge on any atom is -0.493 e. The zero-order valence-corrected chi connectivity index (χ0v) is 32.5. The van der Waals surface area contributed by atoms with E-state index in [1.807, 2.05) is 0 Å². The van der Waals surface area contributed by atoms with Crippen molar-refractivity contribution in [3.63, 3.8) is 0 Å². The van der Waals surface area contributed by atoms with Crippen molar-refractivity contribution in [2.24, 2.45) is 0 Å². The second-order valence-corrected chi connectivity index (χ2v) is 16.8. The summed E-state index contributed by atoms with van der Waals surface area (Å²) in [5.41, 5.74) is -4.58. The van der Waals surface area contributed by atoms with E-state index >= 15 is 0 Å². The van der Waals surface area contributed by atoms with Crippen molar-refractivity contribution in [1.82, 2.24) is 14.8 Å². The Kier molecular flexibility index (Phi) is 13.1. The standard InChI is InChI=1S/C37H41F6N4O7PS/c1-4-8-30-35(54-25-21-31(56-23-25)37(41,42)43,12-7-16-47(30)32(48)26-22-45-15-11-27(26)36(38,39)40)33(49)46-17-13-34(24-44,14-18-46)28-9-5-6-10-29(28)53-19-20-55(50,51-2)52-3/h5-6,9-11,15,21-23,30H,4,7-8,12-14,16-20H2,1-3H3/t30-,35+/m1/s1. The zero-order chi connectivity index (χ0) is 40.9. The van der Waals surface area contributed by atoms with Gasteiger partial charge in [0.2, 0.25) is 5.60 Å². The molecule has 0 aliphatic carbocycles. The quantitative estimate of drug-likeness (QED) is 0.123. The van der Waals surface area contributed by atoms with Crippen molar-refractivity contribution >= 4 is 30.7 Å². The van der Waals surface area contributed by atoms with E-state index in [9.17, 15) is 45.8 Å². The first kappa shape index (κ1) is 43.0. The molecule has 4 heterocycles. The maximum atomic E-state index is 15.0. The first-order valence-electron chi connectivity index (χ1n) is 17.8. The lowest BCUT2D eigenvalue weighted by Crippen LogP contribution is -2.68. The molecular formula is C37H41F6N4O7PS. The number of alkyl halides is 6. The molecule has 0 N–H and O–H groups in total. The average Bonchev–Trinajstić information content (AvgIpc) is 3.67. The number of piperidine rings is 2. The third-order valence-electron chi connectivity index (χ3n) is 10.3. The normalized spacial score (nSPS) is 20.3. The Hall–Kier alpha value is -4.17. The van der Waals surface area contributed by atoms with E-state index in [2.05, 4.69) is 11.1 Å². The van der Waals surface area contributed by atoms with Crippen LogP contribution in [0.5, 0.6) is 11.5 Å². The van der Waals surface area contributed by atoms with Crippen molar-refractivity contribution in [3.8, 4) is 17.6 Å². The van der Waals surface area contributed by atoms with Crippen LogP contribution in [-0.4, -0.2) is 84.9 Å². The predicted octanol–water partition coefficient (Wildman–Crippen LogP) is 8.35. The number of hydrogen-bond acceptors (Lipinski definition) is 10. The molecule has 1 aromatic carbocycles. The third-order valence-corrected chi connectivity index (χ3v) is 13.1. The number of carbonyl (C=O) groups is 2. The minimum absolute atomic E-state index is 0.0144. The topological polar surface area (TPSA) is 131 Å². The molecule has 0 unspecified atom stereocenters. The Morgan fingerprint density at radius 2 is 1.73 bits per heavy atom. The second kappa shape index (κ2) is 17.1. The summed E-state index contributed by atoms with van der Waals surface area (Å²) in [6.45, 7) is 1.61. The predicted molar refractivity (Wildman–Crippen MR) is 192 cm³/mol. The van der Waals surface area contributed by atoms with Gasteiger partial charge in [-0.15, -0.1) is 11.3 Å². The van der Waals surface area contributed by atoms with Crippen LogP contribution in [0.25, 0.3) is 0 Å². The van der Waals surface area contributed by atoms with Gasteiger partial charge >= 0.3 is 19.9 Å². The minimum atomic E-state index is -4.90. The molecule has 2 aliphatic rings. The van der Waals surface area contributed by atoms with Crippen molar-refractivity contribution in [3.05, 3.63) is 75.7 Å². The number of nitriles is 1. The third kappa shape index (κ3) is 8.86. The molecule has 2 saturated heterocycles. The number of likely N-dealkylation sites (tertiary alicyclic amines) is 2. The smallest absolute Gasteiger partial charge is 0.425 e. The Morgan fingerprint density at radius 1 is 1.04 bits per heavy atom. The molecule has 2 aliphatic heterocycles. The molecule has 0 saturated carbocycles. The summed E-state index contributed by atoms with van der Waals surface area (Å²) in [5.74, 6) is -1.63. The summed E-state index contributed by atoms with van der Waals surface area (Å²) in [6.07, 6.45) is -7.34. The highest BCUT2D eigenvalue weighted by molar-refractivity contribution is 7.53. The Bertz CT molecular complexity index is 1960. The van der Waals surface area contributed by atoms with Gasteiger partial charge in [0.15, 0.2) is 0 Å². The van der Waals surface area contributed by atoms with Gasteiger partial charge in [-0.3, -0.25) is 19.1 Å². The van der Waals surface area contributed by atoms with Gasteiger partial charge < -0.3 is 28.3 Å². The molecule has 19 heteroatoms. The van der Waals surface area contributed by atoms with Crippen LogP contribution in [0.2, 0.25) is 0 Å². The second-order valence-electron chi connectivity index (χ2n) is 13.5. The number of nitrogens with zero attached hydrogens (tertiary/aromatic N) is 4. The van der Waals surface area contributed by atoms with E-state index in [0.29, 0.717) is 35.1 Å². The number of thiophene rings is 1. The molecule has 0 bridgehead atoms. The SMILES string of the molecule is CCC[C@H]1N(C(=O)c2cnccc2C(F)(F)F)CCC[C@@]1(Oc1csc(C(F)(F)F)c1)C(=O)N1CCC(C#N)(c2ccccc2OCCP(=O)(OC)OC)CC1. The van der Waals surface area contributed by atoms with E-state index in [0.717, 1.165) is 28.7 Å². The number of amides is 2. The molecule has 2 amide bonds. The van der Waals surface area contributed by atoms with Crippen LogP contribution in [-0.2, 0) is 36.2 Å². The number of carbonyl (C=O) groups excluding carboxylic acids is 2. The van der Waals surface area contributed by atoms with Crippen molar-refractivity contribution in [1.29, 1.82) is 5.26 Å². The van der Waals surface area contributed by atoms with Crippen LogP contribution in [0.15, 0.2) is 54.2 Å². The molecule has 0 spiro atoms. The number of halogens is 6. The molecule has 2 atom stereocenters. The Morgan fingerprint density at radius 3 is 2.34 bits per heavy atom. The highest BCUT2D eigenvalue weighted by Gasteiger charge is 2.57. The summed E-state index contributed by atoms with van der Waals surface area (Å²) in [6, 6.07) is 9.45. The molecule has 3 aromatic rings. The van der Waals surface area contributed by atoms with Gasteiger partial charge in [0, 0.05) is 69.7 Å². The highest BCUT2D eigenvalue weighted by Crippen LogP contribution is 2.47. The summed E-state index contributed by atoms with van der Waals surface area (Å²) >= 11 is 0.359. The van der Waals surface area contributed by atoms with Gasteiger partial charge in [0.25, 0.3) is 11.8 Å². The highest BCUT2D eigenvalue weighted by atomic mass is 32.1. The number of aromatic nitrogens is 1. The van der Waals surface area contributed by atoms with E-state index in [1.165, 1.54) is 19.1 Å². The van der Waals surface area contributed by atoms with Gasteiger partial charge in [-0.1, -0.05) is 31.5 Å². The fourth-order valence-corrected chi connectivity index (χ4v) is 8.92. The maximum Gasteiger partial charge on any atom is 0.425 e. The first-order chi connectivity index (χ1) is 26.5. The van der Waals surface area contributed by atoms with E-state index in [1.54, 1.807) is 31.2 Å². The molecule has 2 fully saturated rings. The van der Waals surface area contributed by atoms with E-state index < -0.39 is 64.8 Å². The van der Waals surface area contributed by atoms with Crippen LogP contribution in [0.4, 0.5) is 26.3 Å². The van der Waals surface area contributed by atoms with E-state index in [-0.39, 0.29) is 70.3 Å². The molecule has 0 radical (unpaired) electrons. The van der Waals surface area contributed by atoms with Crippen LogP contribution in [0.3, 0.4) is 0 Å². The van der Waals surface area contributed by atoms with Gasteiger partial charge in [0.1, 0.15) is 16.4 Å². The van der Waals surface area contributed by atoms with Crippen molar-refractivity contribution in [2.75, 3.05) is 46.6 Å². The summed E-state index contributed by atoms with van der Waals surface area (Å²) < 4.78 is 118. The van der Waals surface area contributed by atoms with Gasteiger partial charge in [-0.25, -0.2) is 0 Å². The molecule has 304 valence electrons. The molecule has 5 rings (SSSR count). The Labute approximate surface area is 324 Å². The van der Waals surface area contributed by atoms with Crippen LogP contribution < -0.4 is 9.47 Å². The molecule has 56 heavy (non-hydrogen) atoms. The number of para-hydroxylation sites is 1. The van der Waals surface area contributed by atoms with Crippen molar-refractivity contribution in [2.45, 2.75) is 74.9 Å². The number of hydrogen-bond donors (Lipinski definition) is 0. The van der Waals surface area contributed by atoms with Gasteiger partial charge in [0.05, 0.1) is 41.4 Å². The largest absolute Gasteiger partial charge is 0.493 e.